The fraction of sp³-hybridized carbons (Fsp3) is 0.750. The molecule has 0 saturated carbocycles. The molecule has 0 bridgehead atoms. The molecule has 0 heterocycles. The summed E-state index contributed by atoms with van der Waals surface area (Å²) >= 11 is 0. The van der Waals surface area contributed by atoms with Crippen molar-refractivity contribution in [2.45, 2.75) is 180 Å². The number of aliphatic hydroxyl groups excluding tert-OH is 1. The normalized spacial score (nSPS) is 12.7. The fourth-order valence-electron chi connectivity index (χ4n) is 5.01. The molecule has 0 aromatic carbocycles. The van der Waals surface area contributed by atoms with Crippen molar-refractivity contribution in [3.05, 3.63) is 48.6 Å². The van der Waals surface area contributed by atoms with Crippen LogP contribution in [0.15, 0.2) is 48.6 Å². The zero-order valence-corrected chi connectivity index (χ0v) is 29.4. The highest BCUT2D eigenvalue weighted by Gasteiger charge is 2.16. The first kappa shape index (κ1) is 42.9. The van der Waals surface area contributed by atoms with E-state index in [1.54, 1.807) is 0 Å². The topological polar surface area (TPSA) is 72.8 Å². The number of allylic oxidation sites excluding steroid dienone is 8. The van der Waals surface area contributed by atoms with Crippen LogP contribution in [0.1, 0.15) is 174 Å². The highest BCUT2D eigenvalue weighted by molar-refractivity contribution is 5.70. The van der Waals surface area contributed by atoms with E-state index in [4.69, 9.17) is 9.47 Å². The van der Waals surface area contributed by atoms with Gasteiger partial charge >= 0.3 is 11.9 Å². The third-order valence-electron chi connectivity index (χ3n) is 7.88. The summed E-state index contributed by atoms with van der Waals surface area (Å²) in [6, 6.07) is 0. The summed E-state index contributed by atoms with van der Waals surface area (Å²) in [6.07, 6.45) is 44.5. The average molecular weight is 631 g/mol. The van der Waals surface area contributed by atoms with Gasteiger partial charge in [-0.1, -0.05) is 152 Å². The van der Waals surface area contributed by atoms with Crippen molar-refractivity contribution in [3.63, 3.8) is 0 Å². The maximum Gasteiger partial charge on any atom is 0.306 e. The molecule has 1 atom stereocenters. The molecule has 0 aliphatic rings. The van der Waals surface area contributed by atoms with Gasteiger partial charge in [-0.05, 0) is 57.8 Å². The molecule has 0 unspecified atom stereocenters. The van der Waals surface area contributed by atoms with Crippen molar-refractivity contribution < 1.29 is 24.2 Å². The number of ether oxygens (including phenoxy) is 2. The van der Waals surface area contributed by atoms with Crippen LogP contribution in [0, 0.1) is 0 Å². The Labute approximate surface area is 278 Å². The second-order valence-corrected chi connectivity index (χ2v) is 12.3. The molecule has 0 aromatic rings. The Bertz CT molecular complexity index is 767. The number of rotatable bonds is 33. The molecule has 0 aliphatic heterocycles. The molecule has 45 heavy (non-hydrogen) atoms. The third-order valence-corrected chi connectivity index (χ3v) is 7.88. The van der Waals surface area contributed by atoms with Gasteiger partial charge in [0.2, 0.25) is 0 Å². The van der Waals surface area contributed by atoms with Crippen molar-refractivity contribution in [1.82, 2.24) is 0 Å². The van der Waals surface area contributed by atoms with E-state index < -0.39 is 6.10 Å². The van der Waals surface area contributed by atoms with E-state index in [9.17, 15) is 14.7 Å². The van der Waals surface area contributed by atoms with Gasteiger partial charge in [0.15, 0.2) is 6.10 Å². The zero-order valence-electron chi connectivity index (χ0n) is 29.4. The smallest absolute Gasteiger partial charge is 0.306 e. The minimum atomic E-state index is -0.781. The molecule has 0 spiro atoms. The van der Waals surface area contributed by atoms with Crippen molar-refractivity contribution in [2.24, 2.45) is 0 Å². The predicted octanol–water partition coefficient (Wildman–Crippen LogP) is 11.5. The summed E-state index contributed by atoms with van der Waals surface area (Å²) in [5.74, 6) is -0.628. The van der Waals surface area contributed by atoms with Gasteiger partial charge < -0.3 is 14.6 Å². The molecule has 5 heteroatoms. The molecule has 1 N–H and O–H groups in total. The van der Waals surface area contributed by atoms with Gasteiger partial charge in [-0.3, -0.25) is 9.59 Å². The van der Waals surface area contributed by atoms with Gasteiger partial charge in [-0.25, -0.2) is 0 Å². The lowest BCUT2D eigenvalue weighted by molar-refractivity contribution is -0.161. The quantitative estimate of drug-likeness (QED) is 0.0444. The Morgan fingerprint density at radius 3 is 1.38 bits per heavy atom. The van der Waals surface area contributed by atoms with Crippen molar-refractivity contribution in [1.29, 1.82) is 0 Å². The number of aliphatic hydroxyl groups is 1. The Kier molecular flexibility index (Phi) is 34.6. The van der Waals surface area contributed by atoms with E-state index in [2.05, 4.69) is 62.5 Å². The van der Waals surface area contributed by atoms with Crippen molar-refractivity contribution in [3.8, 4) is 0 Å². The highest BCUT2D eigenvalue weighted by atomic mass is 16.6. The van der Waals surface area contributed by atoms with Gasteiger partial charge in [0.1, 0.15) is 6.61 Å². The van der Waals surface area contributed by atoms with Gasteiger partial charge in [0.05, 0.1) is 6.61 Å². The molecule has 260 valence electrons. The molecule has 0 aromatic heterocycles. The van der Waals surface area contributed by atoms with E-state index >= 15 is 0 Å². The molecule has 0 radical (unpaired) electrons. The van der Waals surface area contributed by atoms with E-state index in [1.165, 1.54) is 83.5 Å². The molecule has 5 nitrogen and oxygen atoms in total. The Morgan fingerprint density at radius 1 is 0.511 bits per heavy atom. The maximum absolute atomic E-state index is 12.1. The second kappa shape index (κ2) is 36.3. The maximum atomic E-state index is 12.1. The third kappa shape index (κ3) is 34.6. The molecular formula is C40H70O5. The summed E-state index contributed by atoms with van der Waals surface area (Å²) in [7, 11) is 0. The summed E-state index contributed by atoms with van der Waals surface area (Å²) < 4.78 is 10.6. The average Bonchev–Trinajstić information content (AvgIpc) is 3.04. The first-order chi connectivity index (χ1) is 22.1. The molecule has 0 amide bonds. The van der Waals surface area contributed by atoms with E-state index in [0.29, 0.717) is 12.8 Å². The summed E-state index contributed by atoms with van der Waals surface area (Å²) in [5, 5.41) is 9.52. The number of hydrogen-bond donors (Lipinski definition) is 1. The van der Waals surface area contributed by atoms with Gasteiger partial charge in [-0.2, -0.15) is 0 Å². The van der Waals surface area contributed by atoms with Crippen molar-refractivity contribution in [2.75, 3.05) is 13.2 Å². The number of esters is 2. The SMILES string of the molecule is CCCCC/C=C\C/C=C\C/C=C\C/C=C\CCCCCC(=O)OC[C@H](CO)OC(=O)CCCCCCCCCCCCCC. The second-order valence-electron chi connectivity index (χ2n) is 12.3. The van der Waals surface area contributed by atoms with Gasteiger partial charge in [0, 0.05) is 12.8 Å². The number of hydrogen-bond acceptors (Lipinski definition) is 5. The molecule has 0 aliphatic carbocycles. The van der Waals surface area contributed by atoms with Crippen LogP contribution in [0.25, 0.3) is 0 Å². The first-order valence-electron chi connectivity index (χ1n) is 18.7. The number of unbranched alkanes of at least 4 members (excludes halogenated alkanes) is 17. The number of carbonyl (C=O) groups excluding carboxylic acids is 2. The molecular weight excluding hydrogens is 560 g/mol. The minimum Gasteiger partial charge on any atom is -0.462 e. The van der Waals surface area contributed by atoms with Crippen LogP contribution in [0.4, 0.5) is 0 Å². The Hall–Kier alpha value is -2.14. The van der Waals surface area contributed by atoms with Crippen LogP contribution in [0.5, 0.6) is 0 Å². The van der Waals surface area contributed by atoms with Crippen LogP contribution in [0.2, 0.25) is 0 Å². The van der Waals surface area contributed by atoms with Gasteiger partial charge in [0.25, 0.3) is 0 Å². The van der Waals surface area contributed by atoms with Crippen LogP contribution in [0.3, 0.4) is 0 Å². The standard InChI is InChI=1S/C40H70O5/c1-3-5-7-9-11-13-15-17-18-19-20-21-22-23-25-26-28-30-32-34-39(42)44-37-38(36-41)45-40(43)35-33-31-29-27-24-16-14-12-10-8-6-4-2/h11,13,17-18,20-21,23,25,38,41H,3-10,12,14-16,19,22,24,26-37H2,1-2H3/b13-11-,18-17-,21-20-,25-23-/t38-/m0/s1. The zero-order chi connectivity index (χ0) is 32.9. The van der Waals surface area contributed by atoms with Crippen LogP contribution in [-0.2, 0) is 19.1 Å². The fourth-order valence-corrected chi connectivity index (χ4v) is 5.01. The van der Waals surface area contributed by atoms with Crippen LogP contribution in [-0.4, -0.2) is 36.4 Å². The van der Waals surface area contributed by atoms with Gasteiger partial charge in [-0.15, -0.1) is 0 Å². The summed E-state index contributed by atoms with van der Waals surface area (Å²) in [5.41, 5.74) is 0. The Balaban J connectivity index is 3.65. The predicted molar refractivity (Wildman–Crippen MR) is 191 cm³/mol. The van der Waals surface area contributed by atoms with E-state index in [-0.39, 0.29) is 25.2 Å². The minimum absolute atomic E-state index is 0.0816. The molecule has 0 rings (SSSR count). The summed E-state index contributed by atoms with van der Waals surface area (Å²) in [4.78, 5) is 24.2. The van der Waals surface area contributed by atoms with Crippen molar-refractivity contribution >= 4 is 11.9 Å². The summed E-state index contributed by atoms with van der Waals surface area (Å²) in [6.45, 7) is 4.07. The molecule has 0 fully saturated rings. The van der Waals surface area contributed by atoms with Crippen LogP contribution >= 0.6 is 0 Å². The molecule has 0 saturated heterocycles. The first-order valence-corrected chi connectivity index (χ1v) is 18.7. The number of carbonyl (C=O) groups is 2. The lowest BCUT2D eigenvalue weighted by Gasteiger charge is -2.15. The van der Waals surface area contributed by atoms with E-state index in [1.807, 2.05) is 0 Å². The monoisotopic (exact) mass is 631 g/mol. The lowest BCUT2D eigenvalue weighted by Crippen LogP contribution is -2.28. The Morgan fingerprint density at radius 2 is 0.889 bits per heavy atom. The van der Waals surface area contributed by atoms with Crippen LogP contribution < -0.4 is 0 Å². The largest absolute Gasteiger partial charge is 0.462 e. The highest BCUT2D eigenvalue weighted by Crippen LogP contribution is 2.13. The van der Waals surface area contributed by atoms with E-state index in [0.717, 1.165) is 64.2 Å². The lowest BCUT2D eigenvalue weighted by atomic mass is 10.0.